The average Bonchev–Trinajstić information content (AvgIpc) is 2.47. The van der Waals surface area contributed by atoms with Crippen molar-refractivity contribution in [3.63, 3.8) is 0 Å². The van der Waals surface area contributed by atoms with E-state index >= 15 is 0 Å². The summed E-state index contributed by atoms with van der Waals surface area (Å²) < 4.78 is 1.03. The molecular formula is C9H12BrNS2. The number of hydrogen-bond donors (Lipinski definition) is 0. The largest absolute Gasteiger partial charge is 0.233 e. The normalized spacial score (nSPS) is 23.4. The van der Waals surface area contributed by atoms with E-state index in [4.69, 9.17) is 0 Å². The monoisotopic (exact) mass is 277 g/mol. The molecule has 0 aliphatic carbocycles. The fourth-order valence-corrected chi connectivity index (χ4v) is 4.69. The molecule has 0 bridgehead atoms. The third-order valence-electron chi connectivity index (χ3n) is 2.29. The van der Waals surface area contributed by atoms with Gasteiger partial charge < -0.3 is 0 Å². The van der Waals surface area contributed by atoms with Crippen LogP contribution in [-0.4, -0.2) is 10.7 Å². The molecule has 0 N–H and O–H groups in total. The van der Waals surface area contributed by atoms with Gasteiger partial charge in [0.05, 0.1) is 5.69 Å². The molecular weight excluding hydrogens is 266 g/mol. The van der Waals surface area contributed by atoms with Crippen LogP contribution in [0, 0.1) is 6.92 Å². The maximum absolute atomic E-state index is 4.55. The van der Waals surface area contributed by atoms with Gasteiger partial charge >= 0.3 is 0 Å². The molecule has 0 saturated carbocycles. The lowest BCUT2D eigenvalue weighted by Gasteiger charge is -2.19. The Labute approximate surface area is 95.5 Å². The zero-order valence-electron chi connectivity index (χ0n) is 7.55. The number of aryl methyl sites for hydroxylation is 1. The molecule has 1 unspecified atom stereocenters. The number of aromatic nitrogens is 1. The van der Waals surface area contributed by atoms with Crippen LogP contribution < -0.4 is 0 Å². The molecule has 2 rings (SSSR count). The molecule has 1 aromatic heterocycles. The van der Waals surface area contributed by atoms with Gasteiger partial charge in [-0.1, -0.05) is 6.42 Å². The number of rotatable bonds is 1. The number of hydrogen-bond acceptors (Lipinski definition) is 3. The Bertz CT molecular complexity index is 292. The van der Waals surface area contributed by atoms with E-state index in [0.717, 1.165) is 3.92 Å². The van der Waals surface area contributed by atoms with Crippen LogP contribution >= 0.6 is 39.0 Å². The summed E-state index contributed by atoms with van der Waals surface area (Å²) in [5.74, 6) is 1.30. The van der Waals surface area contributed by atoms with E-state index in [-0.39, 0.29) is 0 Å². The molecule has 0 aromatic carbocycles. The van der Waals surface area contributed by atoms with E-state index < -0.39 is 0 Å². The second-order valence-electron chi connectivity index (χ2n) is 3.26. The third kappa shape index (κ3) is 2.28. The van der Waals surface area contributed by atoms with Crippen LogP contribution in [0.3, 0.4) is 0 Å². The summed E-state index contributed by atoms with van der Waals surface area (Å²) in [5, 5.41) is 0.663. The van der Waals surface area contributed by atoms with Gasteiger partial charge in [-0.05, 0) is 41.4 Å². The van der Waals surface area contributed by atoms with Gasteiger partial charge in [-0.15, -0.1) is 11.3 Å². The van der Waals surface area contributed by atoms with Gasteiger partial charge in [-0.2, -0.15) is 11.8 Å². The van der Waals surface area contributed by atoms with Crippen molar-refractivity contribution in [3.05, 3.63) is 14.5 Å². The predicted molar refractivity (Wildman–Crippen MR) is 63.6 cm³/mol. The fourth-order valence-electron chi connectivity index (χ4n) is 1.63. The molecule has 0 spiro atoms. The zero-order chi connectivity index (χ0) is 9.26. The first-order valence-electron chi connectivity index (χ1n) is 4.52. The zero-order valence-corrected chi connectivity index (χ0v) is 10.8. The molecule has 0 amide bonds. The van der Waals surface area contributed by atoms with Crippen LogP contribution in [0.25, 0.3) is 0 Å². The Morgan fingerprint density at radius 1 is 1.46 bits per heavy atom. The molecule has 2 heterocycles. The Morgan fingerprint density at radius 3 is 2.85 bits per heavy atom. The van der Waals surface area contributed by atoms with E-state index in [1.165, 1.54) is 35.6 Å². The second kappa shape index (κ2) is 4.32. The molecule has 13 heavy (non-hydrogen) atoms. The van der Waals surface area contributed by atoms with E-state index in [1.807, 2.05) is 0 Å². The summed E-state index contributed by atoms with van der Waals surface area (Å²) in [7, 11) is 0. The smallest absolute Gasteiger partial charge is 0.159 e. The maximum atomic E-state index is 4.55. The van der Waals surface area contributed by atoms with Gasteiger partial charge in [-0.25, -0.2) is 4.98 Å². The summed E-state index contributed by atoms with van der Waals surface area (Å²) >= 11 is 7.27. The molecule has 1 aromatic rings. The van der Waals surface area contributed by atoms with Crippen LogP contribution in [0.4, 0.5) is 0 Å². The minimum Gasteiger partial charge on any atom is -0.233 e. The highest BCUT2D eigenvalue weighted by molar-refractivity contribution is 9.11. The minimum absolute atomic E-state index is 0.663. The number of thiazole rings is 1. The molecule has 0 radical (unpaired) electrons. The molecule has 1 fully saturated rings. The van der Waals surface area contributed by atoms with Gasteiger partial charge in [0, 0.05) is 10.1 Å². The highest BCUT2D eigenvalue weighted by atomic mass is 79.9. The van der Waals surface area contributed by atoms with E-state index in [1.54, 1.807) is 11.3 Å². The summed E-state index contributed by atoms with van der Waals surface area (Å²) in [5.41, 5.74) is 1.32. The van der Waals surface area contributed by atoms with E-state index in [9.17, 15) is 0 Å². The molecule has 72 valence electrons. The van der Waals surface area contributed by atoms with Crippen molar-refractivity contribution in [1.29, 1.82) is 0 Å². The molecule has 1 saturated heterocycles. The highest BCUT2D eigenvalue weighted by Crippen LogP contribution is 2.41. The first-order valence-corrected chi connectivity index (χ1v) is 7.17. The van der Waals surface area contributed by atoms with Crippen LogP contribution in [0.1, 0.15) is 35.1 Å². The summed E-state index contributed by atoms with van der Waals surface area (Å²) in [6.45, 7) is 2.17. The first-order chi connectivity index (χ1) is 6.27. The van der Waals surface area contributed by atoms with Crippen LogP contribution in [0.2, 0.25) is 0 Å². The number of halogens is 1. The van der Waals surface area contributed by atoms with Crippen molar-refractivity contribution in [2.24, 2.45) is 0 Å². The highest BCUT2D eigenvalue weighted by Gasteiger charge is 2.20. The van der Waals surface area contributed by atoms with Crippen molar-refractivity contribution < 1.29 is 0 Å². The maximum Gasteiger partial charge on any atom is 0.159 e. The van der Waals surface area contributed by atoms with Crippen molar-refractivity contribution in [1.82, 2.24) is 4.98 Å². The molecule has 1 atom stereocenters. The van der Waals surface area contributed by atoms with Gasteiger partial charge in [0.2, 0.25) is 0 Å². The molecule has 1 aliphatic heterocycles. The number of thioether (sulfide) groups is 1. The molecule has 1 nitrogen and oxygen atoms in total. The Balaban J connectivity index is 2.18. The van der Waals surface area contributed by atoms with Crippen LogP contribution in [-0.2, 0) is 0 Å². The van der Waals surface area contributed by atoms with Gasteiger partial charge in [0.25, 0.3) is 0 Å². The topological polar surface area (TPSA) is 12.9 Å². The van der Waals surface area contributed by atoms with Crippen molar-refractivity contribution in [2.75, 3.05) is 5.75 Å². The summed E-state index contributed by atoms with van der Waals surface area (Å²) in [6, 6.07) is 0. The Morgan fingerprint density at radius 2 is 2.31 bits per heavy atom. The molecule has 1 aliphatic rings. The Kier molecular flexibility index (Phi) is 3.32. The minimum atomic E-state index is 0.663. The Hall–Kier alpha value is 0.460. The lowest BCUT2D eigenvalue weighted by molar-refractivity contribution is 0.675. The van der Waals surface area contributed by atoms with Crippen molar-refractivity contribution in [2.45, 2.75) is 31.4 Å². The predicted octanol–water partition coefficient (Wildman–Crippen LogP) is 4.17. The standard InChI is InChI=1S/C9H12BrNS2/c1-6-8(11-9(10)13-6)7-4-2-3-5-12-7/h7H,2-5H2,1H3. The van der Waals surface area contributed by atoms with Gasteiger partial charge in [0.1, 0.15) is 0 Å². The van der Waals surface area contributed by atoms with Crippen LogP contribution in [0.15, 0.2) is 3.92 Å². The quantitative estimate of drug-likeness (QED) is 0.764. The van der Waals surface area contributed by atoms with E-state index in [2.05, 4.69) is 39.6 Å². The lowest BCUT2D eigenvalue weighted by Crippen LogP contribution is -2.03. The third-order valence-corrected chi connectivity index (χ3v) is 5.11. The summed E-state index contributed by atoms with van der Waals surface area (Å²) in [6.07, 6.45) is 4.06. The van der Waals surface area contributed by atoms with Crippen molar-refractivity contribution in [3.8, 4) is 0 Å². The van der Waals surface area contributed by atoms with E-state index in [0.29, 0.717) is 5.25 Å². The van der Waals surface area contributed by atoms with Crippen LogP contribution in [0.5, 0.6) is 0 Å². The fraction of sp³-hybridized carbons (Fsp3) is 0.667. The second-order valence-corrected chi connectivity index (χ2v) is 7.05. The lowest BCUT2D eigenvalue weighted by atomic mass is 10.1. The SMILES string of the molecule is Cc1sc(Br)nc1C1CCCCS1. The van der Waals surface area contributed by atoms with Gasteiger partial charge in [-0.3, -0.25) is 0 Å². The molecule has 4 heteroatoms. The summed E-state index contributed by atoms with van der Waals surface area (Å²) in [4.78, 5) is 5.93. The number of nitrogens with zero attached hydrogens (tertiary/aromatic N) is 1. The van der Waals surface area contributed by atoms with Gasteiger partial charge in [0.15, 0.2) is 3.92 Å². The average molecular weight is 278 g/mol. The van der Waals surface area contributed by atoms with Crippen molar-refractivity contribution >= 4 is 39.0 Å². The first kappa shape index (κ1) is 9.99.